The summed E-state index contributed by atoms with van der Waals surface area (Å²) in [4.78, 5) is 8.52. The van der Waals surface area contributed by atoms with Gasteiger partial charge in [-0.3, -0.25) is 10.1 Å². The molecular weight excluding hydrogens is 170 g/mol. The van der Waals surface area contributed by atoms with Crippen molar-refractivity contribution in [2.24, 2.45) is 0 Å². The minimum absolute atomic E-state index is 0.252. The predicted octanol–water partition coefficient (Wildman–Crippen LogP) is 0.303. The molecule has 5 nitrogen and oxygen atoms in total. The van der Waals surface area contributed by atoms with Gasteiger partial charge >= 0.3 is 0 Å². The molecule has 0 aliphatic carbocycles. The molecule has 0 heterocycles. The van der Waals surface area contributed by atoms with Crippen LogP contribution in [0.2, 0.25) is 0 Å². The molecule has 0 radical (unpaired) electrons. The lowest BCUT2D eigenvalue weighted by molar-refractivity contribution is -0.402. The van der Waals surface area contributed by atoms with Crippen LogP contribution in [0.15, 0.2) is 11.6 Å². The highest BCUT2D eigenvalue weighted by Gasteiger charge is 1.98. The van der Waals surface area contributed by atoms with Gasteiger partial charge in [-0.25, -0.2) is 8.42 Å². The van der Waals surface area contributed by atoms with Crippen LogP contribution in [0.5, 0.6) is 0 Å². The average molecular weight is 172 g/mol. The van der Waals surface area contributed by atoms with Crippen LogP contribution in [0, 0.1) is 10.1 Å². The molecule has 0 aliphatic rings. The molecule has 0 aliphatic heterocycles. The summed E-state index contributed by atoms with van der Waals surface area (Å²) in [5, 5.41) is 9.74. The van der Waals surface area contributed by atoms with Gasteiger partial charge < -0.3 is 0 Å². The minimum Gasteiger partial charge on any atom is -0.259 e. The Morgan fingerprint density at radius 1 is 1.56 bits per heavy atom. The molecule has 0 unspecified atom stereocenters. The fourth-order valence-corrected chi connectivity index (χ4v) is 0.505. The lowest BCUT2D eigenvalue weighted by atomic mass is 11.1. The summed E-state index contributed by atoms with van der Waals surface area (Å²) in [6.45, 7) is 0. The van der Waals surface area contributed by atoms with E-state index in [2.05, 4.69) is 10.7 Å². The summed E-state index contributed by atoms with van der Waals surface area (Å²) in [7, 11) is 0.689. The Labute approximate surface area is 55.5 Å². The Morgan fingerprint density at radius 3 is 2.11 bits per heavy atom. The number of nitro groups is 1. The smallest absolute Gasteiger partial charge is 0.259 e. The Balaban J connectivity index is 4.21. The van der Waals surface area contributed by atoms with Crippen LogP contribution in [0.4, 0.5) is 0 Å². The fourth-order valence-electron chi connectivity index (χ4n) is 0.122. The second-order valence-corrected chi connectivity index (χ2v) is 3.56. The Morgan fingerprint density at radius 2 is 2.00 bits per heavy atom. The predicted molar refractivity (Wildman–Crippen MR) is 30.9 cm³/mol. The number of hydrogen-bond acceptors (Lipinski definition) is 4. The molecule has 9 heavy (non-hydrogen) atoms. The summed E-state index contributed by atoms with van der Waals surface area (Å²) in [6.07, 6.45) is 0.252. The molecule has 0 rings (SSSR count). The Hall–Kier alpha value is -0.620. The zero-order chi connectivity index (χ0) is 7.49. The van der Waals surface area contributed by atoms with E-state index >= 15 is 0 Å². The van der Waals surface area contributed by atoms with Gasteiger partial charge in [0.25, 0.3) is 9.05 Å². The third kappa shape index (κ3) is 7.38. The lowest BCUT2D eigenvalue weighted by Gasteiger charge is -1.76. The van der Waals surface area contributed by atoms with Crippen molar-refractivity contribution >= 4 is 19.7 Å². The Bertz CT molecular complexity index is 229. The van der Waals surface area contributed by atoms with Gasteiger partial charge in [0.05, 0.1) is 4.92 Å². The highest BCUT2D eigenvalue weighted by Crippen LogP contribution is 1.96. The molecule has 7 heteroatoms. The summed E-state index contributed by atoms with van der Waals surface area (Å²) in [6, 6.07) is 0. The SMILES string of the molecule is O=[N+]([O-])C=CS(=O)(=O)Cl. The Kier molecular flexibility index (Phi) is 2.60. The highest BCUT2D eigenvalue weighted by molar-refractivity contribution is 8.16. The van der Waals surface area contributed by atoms with Gasteiger partial charge in [-0.15, -0.1) is 0 Å². The largest absolute Gasteiger partial charge is 0.260 e. The van der Waals surface area contributed by atoms with E-state index in [1.165, 1.54) is 0 Å². The zero-order valence-corrected chi connectivity index (χ0v) is 5.59. The van der Waals surface area contributed by atoms with E-state index in [9.17, 15) is 18.5 Å². The van der Waals surface area contributed by atoms with E-state index in [0.29, 0.717) is 5.41 Å². The molecule has 0 bridgehead atoms. The van der Waals surface area contributed by atoms with Gasteiger partial charge in [0.1, 0.15) is 5.41 Å². The van der Waals surface area contributed by atoms with Crippen molar-refractivity contribution in [1.82, 2.24) is 0 Å². The molecule has 0 atom stereocenters. The van der Waals surface area contributed by atoms with E-state index in [1.807, 2.05) is 0 Å². The van der Waals surface area contributed by atoms with Crippen LogP contribution in [0.25, 0.3) is 0 Å². The molecule has 0 spiro atoms. The topological polar surface area (TPSA) is 77.3 Å². The van der Waals surface area contributed by atoms with Gasteiger partial charge in [-0.1, -0.05) is 0 Å². The first-order valence-corrected chi connectivity index (χ1v) is 4.05. The molecule has 52 valence electrons. The molecule has 0 saturated heterocycles. The standard InChI is InChI=1S/C2H2ClNO4S/c3-9(7,8)2-1-4(5)6/h1-2H. The normalized spacial score (nSPS) is 12.1. The summed E-state index contributed by atoms with van der Waals surface area (Å²) in [5.74, 6) is 0. The molecule has 0 aromatic rings. The summed E-state index contributed by atoms with van der Waals surface area (Å²) >= 11 is 0. The van der Waals surface area contributed by atoms with Crippen molar-refractivity contribution in [3.05, 3.63) is 21.7 Å². The van der Waals surface area contributed by atoms with Crippen LogP contribution in [-0.2, 0) is 9.05 Å². The summed E-state index contributed by atoms with van der Waals surface area (Å²) < 4.78 is 19.8. The van der Waals surface area contributed by atoms with Gasteiger partial charge in [0.2, 0.25) is 6.20 Å². The second-order valence-electron chi connectivity index (χ2n) is 1.05. The highest BCUT2D eigenvalue weighted by atomic mass is 35.7. The quantitative estimate of drug-likeness (QED) is 0.340. The fraction of sp³-hybridized carbons (Fsp3) is 0. The molecule has 0 saturated carbocycles. The van der Waals surface area contributed by atoms with Gasteiger partial charge in [0.15, 0.2) is 0 Å². The first kappa shape index (κ1) is 8.38. The average Bonchev–Trinajstić information content (AvgIpc) is 1.59. The zero-order valence-electron chi connectivity index (χ0n) is 4.02. The maximum Gasteiger partial charge on any atom is 0.260 e. The summed E-state index contributed by atoms with van der Waals surface area (Å²) in [5.41, 5.74) is 0. The number of hydrogen-bond donors (Lipinski definition) is 0. The molecule has 0 aromatic heterocycles. The third-order valence-electron chi connectivity index (χ3n) is 0.345. The number of rotatable bonds is 2. The molecule has 0 aromatic carbocycles. The lowest BCUT2D eigenvalue weighted by Crippen LogP contribution is -1.86. The minimum atomic E-state index is -3.87. The van der Waals surface area contributed by atoms with Crippen molar-refractivity contribution in [2.45, 2.75) is 0 Å². The van der Waals surface area contributed by atoms with Crippen molar-refractivity contribution < 1.29 is 13.3 Å². The van der Waals surface area contributed by atoms with Gasteiger partial charge in [-0.05, 0) is 0 Å². The monoisotopic (exact) mass is 171 g/mol. The van der Waals surface area contributed by atoms with Crippen molar-refractivity contribution in [1.29, 1.82) is 0 Å². The molecule has 0 N–H and O–H groups in total. The van der Waals surface area contributed by atoms with E-state index < -0.39 is 14.0 Å². The number of halogens is 1. The first-order chi connectivity index (χ1) is 3.92. The van der Waals surface area contributed by atoms with Gasteiger partial charge in [-0.2, -0.15) is 0 Å². The van der Waals surface area contributed by atoms with Crippen LogP contribution >= 0.6 is 10.7 Å². The van der Waals surface area contributed by atoms with E-state index in [-0.39, 0.29) is 6.20 Å². The van der Waals surface area contributed by atoms with Crippen LogP contribution in [-0.4, -0.2) is 13.3 Å². The van der Waals surface area contributed by atoms with Crippen molar-refractivity contribution in [3.63, 3.8) is 0 Å². The van der Waals surface area contributed by atoms with Crippen LogP contribution in [0.1, 0.15) is 0 Å². The van der Waals surface area contributed by atoms with Crippen LogP contribution in [0.3, 0.4) is 0 Å². The maximum absolute atomic E-state index is 9.91. The van der Waals surface area contributed by atoms with E-state index in [0.717, 1.165) is 0 Å². The number of nitrogens with zero attached hydrogens (tertiary/aromatic N) is 1. The van der Waals surface area contributed by atoms with Crippen LogP contribution < -0.4 is 0 Å². The third-order valence-corrected chi connectivity index (χ3v) is 1.10. The first-order valence-electron chi connectivity index (χ1n) is 1.68. The molecular formula is C2H2ClNO4S. The van der Waals surface area contributed by atoms with E-state index in [4.69, 9.17) is 0 Å². The van der Waals surface area contributed by atoms with Crippen molar-refractivity contribution in [2.75, 3.05) is 0 Å². The van der Waals surface area contributed by atoms with Crippen molar-refractivity contribution in [3.8, 4) is 0 Å². The van der Waals surface area contributed by atoms with Gasteiger partial charge in [0, 0.05) is 10.7 Å². The van der Waals surface area contributed by atoms with E-state index in [1.54, 1.807) is 0 Å². The molecule has 0 amide bonds. The maximum atomic E-state index is 9.91. The molecule has 0 fully saturated rings. The second kappa shape index (κ2) is 2.79.